The lowest BCUT2D eigenvalue weighted by Gasteiger charge is -2.10. The van der Waals surface area contributed by atoms with E-state index >= 15 is 0 Å². The maximum atomic E-state index is 13.2. The minimum Gasteiger partial charge on any atom is -0.369 e. The van der Waals surface area contributed by atoms with Gasteiger partial charge in [0.2, 0.25) is 10.0 Å². The molecule has 5 nitrogen and oxygen atoms in total. The van der Waals surface area contributed by atoms with Crippen molar-refractivity contribution in [2.45, 2.75) is 18.0 Å². The molecule has 0 radical (unpaired) electrons. The Hall–Kier alpha value is -2.20. The summed E-state index contributed by atoms with van der Waals surface area (Å²) in [5.74, 6) is -0.321. The van der Waals surface area contributed by atoms with Crippen molar-refractivity contribution in [3.63, 3.8) is 0 Å². The second-order valence-corrected chi connectivity index (χ2v) is 6.93. The molecule has 1 aromatic carbocycles. The predicted octanol–water partition coefficient (Wildman–Crippen LogP) is 2.94. The van der Waals surface area contributed by atoms with Gasteiger partial charge < -0.3 is 5.32 Å². The number of nitrogens with zero attached hydrogens (tertiary/aromatic N) is 1. The van der Waals surface area contributed by atoms with Crippen LogP contribution >= 0.6 is 0 Å². The standard InChI is InChI=1S/C15H15F4N3O2S/c1-10-8-12(3-4-13(10)16)25(23,24)22-7-6-20-14-5-2-11(9-21-14)15(17,18)19/h2-5,8-9,22H,6-7H2,1H3,(H,20,21). The number of rotatable bonds is 6. The van der Waals surface area contributed by atoms with Crippen molar-refractivity contribution in [1.29, 1.82) is 0 Å². The first-order valence-electron chi connectivity index (χ1n) is 7.12. The van der Waals surface area contributed by atoms with E-state index in [1.807, 2.05) is 0 Å². The molecule has 2 N–H and O–H groups in total. The molecule has 0 unspecified atom stereocenters. The third-order valence-electron chi connectivity index (χ3n) is 3.25. The van der Waals surface area contributed by atoms with Gasteiger partial charge in [-0.05, 0) is 42.8 Å². The zero-order chi connectivity index (χ0) is 18.7. The molecule has 0 amide bonds. The molecule has 2 rings (SSSR count). The van der Waals surface area contributed by atoms with Gasteiger partial charge in [-0.2, -0.15) is 13.2 Å². The van der Waals surface area contributed by atoms with Crippen molar-refractivity contribution in [3.8, 4) is 0 Å². The number of aryl methyl sites for hydroxylation is 1. The Morgan fingerprint density at radius 1 is 1.12 bits per heavy atom. The predicted molar refractivity (Wildman–Crippen MR) is 84.1 cm³/mol. The van der Waals surface area contributed by atoms with Gasteiger partial charge in [0.25, 0.3) is 0 Å². The van der Waals surface area contributed by atoms with Gasteiger partial charge in [0.05, 0.1) is 10.5 Å². The summed E-state index contributed by atoms with van der Waals surface area (Å²) in [5, 5.41) is 2.70. The van der Waals surface area contributed by atoms with Crippen molar-refractivity contribution < 1.29 is 26.0 Å². The maximum Gasteiger partial charge on any atom is 0.417 e. The number of hydrogen-bond acceptors (Lipinski definition) is 4. The van der Waals surface area contributed by atoms with Gasteiger partial charge in [-0.25, -0.2) is 22.5 Å². The molecule has 0 saturated heterocycles. The molecule has 1 heterocycles. The number of halogens is 4. The topological polar surface area (TPSA) is 71.1 Å². The van der Waals surface area contributed by atoms with Crippen LogP contribution in [0.4, 0.5) is 23.4 Å². The van der Waals surface area contributed by atoms with Gasteiger partial charge in [-0.1, -0.05) is 0 Å². The summed E-state index contributed by atoms with van der Waals surface area (Å²) >= 11 is 0. The summed E-state index contributed by atoms with van der Waals surface area (Å²) in [4.78, 5) is 3.54. The number of aromatic nitrogens is 1. The van der Waals surface area contributed by atoms with E-state index in [0.29, 0.717) is 6.20 Å². The van der Waals surface area contributed by atoms with Crippen LogP contribution in [-0.2, 0) is 16.2 Å². The van der Waals surface area contributed by atoms with Crippen LogP contribution in [0.3, 0.4) is 0 Å². The molecule has 0 spiro atoms. The normalized spacial score (nSPS) is 12.2. The van der Waals surface area contributed by atoms with E-state index in [-0.39, 0.29) is 29.4 Å². The summed E-state index contributed by atoms with van der Waals surface area (Å²) in [6.07, 6.45) is -3.78. The SMILES string of the molecule is Cc1cc(S(=O)(=O)NCCNc2ccc(C(F)(F)F)cn2)ccc1F. The molecule has 0 aliphatic rings. The van der Waals surface area contributed by atoms with Crippen LogP contribution in [0.2, 0.25) is 0 Å². The first-order chi connectivity index (χ1) is 11.6. The number of sulfonamides is 1. The zero-order valence-corrected chi connectivity index (χ0v) is 13.9. The average Bonchev–Trinajstić information content (AvgIpc) is 2.53. The highest BCUT2D eigenvalue weighted by Crippen LogP contribution is 2.28. The Kier molecular flexibility index (Phi) is 5.63. The lowest BCUT2D eigenvalue weighted by atomic mass is 10.2. The van der Waals surface area contributed by atoms with Crippen molar-refractivity contribution in [3.05, 3.63) is 53.5 Å². The molecule has 2 aromatic rings. The maximum absolute atomic E-state index is 13.2. The summed E-state index contributed by atoms with van der Waals surface area (Å²) < 4.78 is 76.8. The minimum absolute atomic E-state index is 0.0263. The highest BCUT2D eigenvalue weighted by Gasteiger charge is 2.30. The number of hydrogen-bond donors (Lipinski definition) is 2. The lowest BCUT2D eigenvalue weighted by molar-refractivity contribution is -0.137. The van der Waals surface area contributed by atoms with Crippen molar-refractivity contribution in [1.82, 2.24) is 9.71 Å². The molecular weight excluding hydrogens is 362 g/mol. The van der Waals surface area contributed by atoms with Crippen LogP contribution in [-0.4, -0.2) is 26.5 Å². The summed E-state index contributed by atoms with van der Waals surface area (Å²) in [6.45, 7) is 1.53. The van der Waals surface area contributed by atoms with E-state index in [0.717, 1.165) is 24.3 Å². The monoisotopic (exact) mass is 377 g/mol. The molecule has 25 heavy (non-hydrogen) atoms. The summed E-state index contributed by atoms with van der Waals surface area (Å²) in [5.41, 5.74) is -0.666. The minimum atomic E-state index is -4.46. The molecule has 0 saturated carbocycles. The van der Waals surface area contributed by atoms with Gasteiger partial charge in [0.15, 0.2) is 0 Å². The molecule has 0 aliphatic carbocycles. The smallest absolute Gasteiger partial charge is 0.369 e. The van der Waals surface area contributed by atoms with E-state index in [4.69, 9.17) is 0 Å². The molecule has 136 valence electrons. The molecule has 0 atom stereocenters. The fraction of sp³-hybridized carbons (Fsp3) is 0.267. The van der Waals surface area contributed by atoms with Gasteiger partial charge in [-0.15, -0.1) is 0 Å². The first-order valence-corrected chi connectivity index (χ1v) is 8.61. The molecule has 10 heteroatoms. The first kappa shape index (κ1) is 19.1. The largest absolute Gasteiger partial charge is 0.417 e. The molecule has 0 aliphatic heterocycles. The second kappa shape index (κ2) is 7.36. The van der Waals surface area contributed by atoms with Crippen LogP contribution < -0.4 is 10.0 Å². The summed E-state index contributed by atoms with van der Waals surface area (Å²) in [7, 11) is -3.81. The van der Waals surface area contributed by atoms with Gasteiger partial charge in [0.1, 0.15) is 11.6 Å². The van der Waals surface area contributed by atoms with E-state index in [9.17, 15) is 26.0 Å². The number of alkyl halides is 3. The van der Waals surface area contributed by atoms with Crippen LogP contribution in [0, 0.1) is 12.7 Å². The lowest BCUT2D eigenvalue weighted by Crippen LogP contribution is -2.29. The van der Waals surface area contributed by atoms with Gasteiger partial charge in [-0.3, -0.25) is 0 Å². The van der Waals surface area contributed by atoms with E-state index < -0.39 is 27.6 Å². The van der Waals surface area contributed by atoms with Crippen molar-refractivity contribution in [2.75, 3.05) is 18.4 Å². The van der Waals surface area contributed by atoms with Gasteiger partial charge >= 0.3 is 6.18 Å². The fourth-order valence-corrected chi connectivity index (χ4v) is 3.03. The van der Waals surface area contributed by atoms with Crippen LogP contribution in [0.15, 0.2) is 41.4 Å². The summed E-state index contributed by atoms with van der Waals surface area (Å²) in [6, 6.07) is 5.45. The Labute approximate surface area is 142 Å². The highest BCUT2D eigenvalue weighted by molar-refractivity contribution is 7.89. The zero-order valence-electron chi connectivity index (χ0n) is 13.1. The number of benzene rings is 1. The van der Waals surface area contributed by atoms with E-state index in [1.165, 1.54) is 13.0 Å². The number of nitrogens with one attached hydrogen (secondary N) is 2. The van der Waals surface area contributed by atoms with Crippen LogP contribution in [0.1, 0.15) is 11.1 Å². The van der Waals surface area contributed by atoms with Gasteiger partial charge in [0, 0.05) is 19.3 Å². The molecule has 0 fully saturated rings. The molecule has 0 bridgehead atoms. The Morgan fingerprint density at radius 2 is 1.84 bits per heavy atom. The fourth-order valence-electron chi connectivity index (χ4n) is 1.91. The third kappa shape index (κ3) is 5.13. The Morgan fingerprint density at radius 3 is 2.40 bits per heavy atom. The Balaban J connectivity index is 1.89. The highest BCUT2D eigenvalue weighted by atomic mass is 32.2. The van der Waals surface area contributed by atoms with E-state index in [2.05, 4.69) is 15.0 Å². The number of anilines is 1. The Bertz CT molecular complexity index is 837. The molecule has 1 aromatic heterocycles. The van der Waals surface area contributed by atoms with Crippen molar-refractivity contribution in [2.24, 2.45) is 0 Å². The third-order valence-corrected chi connectivity index (χ3v) is 4.71. The van der Waals surface area contributed by atoms with Crippen molar-refractivity contribution >= 4 is 15.8 Å². The van der Waals surface area contributed by atoms with E-state index in [1.54, 1.807) is 0 Å². The van der Waals surface area contributed by atoms with Crippen LogP contribution in [0.5, 0.6) is 0 Å². The number of pyridine rings is 1. The average molecular weight is 377 g/mol. The molecular formula is C15H15F4N3O2S. The quantitative estimate of drug-likeness (QED) is 0.600. The van der Waals surface area contributed by atoms with Crippen LogP contribution in [0.25, 0.3) is 0 Å². The second-order valence-electron chi connectivity index (χ2n) is 5.17.